The Hall–Kier alpha value is -1.58. The van der Waals surface area contributed by atoms with Gasteiger partial charge >= 0.3 is 0 Å². The first kappa shape index (κ1) is 11.9. The van der Waals surface area contributed by atoms with Gasteiger partial charge in [-0.3, -0.25) is 0 Å². The molecular formula is C13H11ClFNO. The second-order valence-corrected chi connectivity index (χ2v) is 3.93. The number of nitrogens with two attached hydrogens (primary N) is 1. The van der Waals surface area contributed by atoms with Gasteiger partial charge in [0.25, 0.3) is 0 Å². The Labute approximate surface area is 104 Å². The van der Waals surface area contributed by atoms with E-state index in [0.717, 1.165) is 5.56 Å². The minimum absolute atomic E-state index is 0.243. The van der Waals surface area contributed by atoms with E-state index >= 15 is 0 Å². The van der Waals surface area contributed by atoms with Gasteiger partial charge in [0.2, 0.25) is 0 Å². The minimum atomic E-state index is -0.388. The minimum Gasteiger partial charge on any atom is -0.456 e. The van der Waals surface area contributed by atoms with Gasteiger partial charge in [-0.1, -0.05) is 23.7 Å². The first-order valence-electron chi connectivity index (χ1n) is 5.11. The molecule has 2 nitrogen and oxygen atoms in total. The molecule has 0 bridgehead atoms. The molecule has 0 unspecified atom stereocenters. The van der Waals surface area contributed by atoms with Gasteiger partial charge in [0.05, 0.1) is 5.02 Å². The van der Waals surface area contributed by atoms with Gasteiger partial charge in [-0.25, -0.2) is 4.39 Å². The highest BCUT2D eigenvalue weighted by Gasteiger charge is 2.04. The summed E-state index contributed by atoms with van der Waals surface area (Å²) in [6, 6.07) is 11.3. The van der Waals surface area contributed by atoms with Crippen LogP contribution in [0.5, 0.6) is 11.5 Å². The summed E-state index contributed by atoms with van der Waals surface area (Å²) in [6.45, 7) is 0.484. The Morgan fingerprint density at radius 2 is 1.82 bits per heavy atom. The fourth-order valence-corrected chi connectivity index (χ4v) is 1.58. The SMILES string of the molecule is NCc1ccc(Oc2ccc(F)cc2Cl)cc1. The van der Waals surface area contributed by atoms with E-state index in [9.17, 15) is 4.39 Å². The first-order valence-corrected chi connectivity index (χ1v) is 5.49. The van der Waals surface area contributed by atoms with Crippen molar-refractivity contribution >= 4 is 11.6 Å². The molecule has 2 N–H and O–H groups in total. The van der Waals surface area contributed by atoms with Crippen LogP contribution < -0.4 is 10.5 Å². The van der Waals surface area contributed by atoms with Gasteiger partial charge in [-0.15, -0.1) is 0 Å². The summed E-state index contributed by atoms with van der Waals surface area (Å²) in [7, 11) is 0. The Balaban J connectivity index is 2.19. The van der Waals surface area contributed by atoms with Gasteiger partial charge in [-0.05, 0) is 35.9 Å². The number of halogens is 2. The third-order valence-electron chi connectivity index (χ3n) is 2.28. The summed E-state index contributed by atoms with van der Waals surface area (Å²) in [5.41, 5.74) is 6.51. The third kappa shape index (κ3) is 2.96. The molecule has 0 atom stereocenters. The van der Waals surface area contributed by atoms with Crippen molar-refractivity contribution < 1.29 is 9.13 Å². The Bertz CT molecular complexity index is 513. The van der Waals surface area contributed by atoms with Crippen LogP contribution in [-0.4, -0.2) is 0 Å². The molecule has 0 saturated heterocycles. The summed E-state index contributed by atoms with van der Waals surface area (Å²) >= 11 is 5.85. The number of hydrogen-bond acceptors (Lipinski definition) is 2. The summed E-state index contributed by atoms with van der Waals surface area (Å²) in [4.78, 5) is 0. The number of rotatable bonds is 3. The maximum atomic E-state index is 12.8. The molecule has 0 aromatic heterocycles. The largest absolute Gasteiger partial charge is 0.456 e. The molecule has 0 spiro atoms. The van der Waals surface area contributed by atoms with E-state index in [2.05, 4.69) is 0 Å². The van der Waals surface area contributed by atoms with Crippen LogP contribution in [0.15, 0.2) is 42.5 Å². The molecule has 0 saturated carbocycles. The summed E-state index contributed by atoms with van der Waals surface area (Å²) in [5.74, 6) is 0.671. The highest BCUT2D eigenvalue weighted by atomic mass is 35.5. The highest BCUT2D eigenvalue weighted by Crippen LogP contribution is 2.29. The van der Waals surface area contributed by atoms with Crippen molar-refractivity contribution in [1.82, 2.24) is 0 Å². The fourth-order valence-electron chi connectivity index (χ4n) is 1.38. The lowest BCUT2D eigenvalue weighted by atomic mass is 10.2. The van der Waals surface area contributed by atoms with E-state index < -0.39 is 0 Å². The van der Waals surface area contributed by atoms with Crippen molar-refractivity contribution in [3.63, 3.8) is 0 Å². The van der Waals surface area contributed by atoms with Crippen LogP contribution in [0, 0.1) is 5.82 Å². The molecule has 2 aromatic carbocycles. The zero-order chi connectivity index (χ0) is 12.3. The lowest BCUT2D eigenvalue weighted by Crippen LogP contribution is -1.95. The molecule has 0 aliphatic heterocycles. The molecule has 4 heteroatoms. The van der Waals surface area contributed by atoms with Crippen molar-refractivity contribution in [3.05, 3.63) is 58.9 Å². The summed E-state index contributed by atoms with van der Waals surface area (Å²) in [5, 5.41) is 0.243. The average molecular weight is 252 g/mol. The van der Waals surface area contributed by atoms with E-state index in [1.165, 1.54) is 18.2 Å². The maximum Gasteiger partial charge on any atom is 0.146 e. The smallest absolute Gasteiger partial charge is 0.146 e. The van der Waals surface area contributed by atoms with Gasteiger partial charge in [0.15, 0.2) is 0 Å². The second kappa shape index (κ2) is 5.17. The zero-order valence-corrected chi connectivity index (χ0v) is 9.75. The molecule has 2 rings (SSSR count). The van der Waals surface area contributed by atoms with Gasteiger partial charge in [-0.2, -0.15) is 0 Å². The van der Waals surface area contributed by atoms with Crippen LogP contribution in [0.4, 0.5) is 4.39 Å². The van der Waals surface area contributed by atoms with Gasteiger partial charge in [0.1, 0.15) is 17.3 Å². The normalized spacial score (nSPS) is 10.3. The van der Waals surface area contributed by atoms with E-state index in [1.807, 2.05) is 12.1 Å². The summed E-state index contributed by atoms with van der Waals surface area (Å²) in [6.07, 6.45) is 0. The van der Waals surface area contributed by atoms with E-state index in [0.29, 0.717) is 18.0 Å². The van der Waals surface area contributed by atoms with Crippen LogP contribution in [-0.2, 0) is 6.54 Å². The highest BCUT2D eigenvalue weighted by molar-refractivity contribution is 6.32. The van der Waals surface area contributed by atoms with Crippen LogP contribution >= 0.6 is 11.6 Å². The van der Waals surface area contributed by atoms with Crippen LogP contribution in [0.1, 0.15) is 5.56 Å². The molecule has 17 heavy (non-hydrogen) atoms. The Morgan fingerprint density at radius 3 is 2.41 bits per heavy atom. The number of benzene rings is 2. The van der Waals surface area contributed by atoms with Gasteiger partial charge in [0, 0.05) is 6.54 Å². The molecule has 0 amide bonds. The Morgan fingerprint density at radius 1 is 1.12 bits per heavy atom. The van der Waals surface area contributed by atoms with Crippen molar-refractivity contribution in [3.8, 4) is 11.5 Å². The van der Waals surface area contributed by atoms with Crippen molar-refractivity contribution in [2.45, 2.75) is 6.54 Å². The number of hydrogen-bond donors (Lipinski definition) is 1. The van der Waals surface area contributed by atoms with Crippen LogP contribution in [0.25, 0.3) is 0 Å². The predicted octanol–water partition coefficient (Wildman–Crippen LogP) is 3.73. The molecular weight excluding hydrogens is 241 g/mol. The molecule has 0 heterocycles. The van der Waals surface area contributed by atoms with Crippen LogP contribution in [0.2, 0.25) is 5.02 Å². The molecule has 0 fully saturated rings. The quantitative estimate of drug-likeness (QED) is 0.902. The molecule has 0 aliphatic rings. The fraction of sp³-hybridized carbons (Fsp3) is 0.0769. The lowest BCUT2D eigenvalue weighted by molar-refractivity contribution is 0.480. The van der Waals surface area contributed by atoms with Crippen molar-refractivity contribution in [2.75, 3.05) is 0 Å². The average Bonchev–Trinajstić information content (AvgIpc) is 2.34. The predicted molar refractivity (Wildman–Crippen MR) is 65.8 cm³/mol. The van der Waals surface area contributed by atoms with Crippen LogP contribution in [0.3, 0.4) is 0 Å². The third-order valence-corrected chi connectivity index (χ3v) is 2.58. The first-order chi connectivity index (χ1) is 8.19. The Kier molecular flexibility index (Phi) is 3.61. The molecule has 88 valence electrons. The molecule has 0 radical (unpaired) electrons. The number of ether oxygens (including phenoxy) is 1. The lowest BCUT2D eigenvalue weighted by Gasteiger charge is -2.07. The second-order valence-electron chi connectivity index (χ2n) is 3.52. The van der Waals surface area contributed by atoms with Crippen molar-refractivity contribution in [2.24, 2.45) is 5.73 Å². The van der Waals surface area contributed by atoms with Gasteiger partial charge < -0.3 is 10.5 Å². The van der Waals surface area contributed by atoms with E-state index in [-0.39, 0.29) is 10.8 Å². The van der Waals surface area contributed by atoms with Crippen molar-refractivity contribution in [1.29, 1.82) is 0 Å². The molecule has 2 aromatic rings. The molecule has 0 aliphatic carbocycles. The monoisotopic (exact) mass is 251 g/mol. The standard InChI is InChI=1S/C13H11ClFNO/c14-12-7-10(15)3-6-13(12)17-11-4-1-9(8-16)2-5-11/h1-7H,8,16H2. The summed E-state index contributed by atoms with van der Waals surface area (Å²) < 4.78 is 18.4. The zero-order valence-electron chi connectivity index (χ0n) is 8.99. The maximum absolute atomic E-state index is 12.8. The topological polar surface area (TPSA) is 35.2 Å². The van der Waals surface area contributed by atoms with E-state index in [1.54, 1.807) is 12.1 Å². The van der Waals surface area contributed by atoms with E-state index in [4.69, 9.17) is 22.1 Å².